The van der Waals surface area contributed by atoms with Crippen molar-refractivity contribution in [3.05, 3.63) is 75.8 Å². The van der Waals surface area contributed by atoms with Crippen molar-refractivity contribution in [3.8, 4) is 5.75 Å². The minimum absolute atomic E-state index is 0.0646. The number of piperidine rings is 1. The maximum atomic E-state index is 13.8. The van der Waals surface area contributed by atoms with Gasteiger partial charge < -0.3 is 10.1 Å². The van der Waals surface area contributed by atoms with Crippen LogP contribution in [0.1, 0.15) is 91.3 Å². The number of halogens is 2. The average molecular weight is 856 g/mol. The number of hydrogen-bond donors (Lipinski definition) is 1. The molecule has 0 aliphatic carbocycles. The summed E-state index contributed by atoms with van der Waals surface area (Å²) in [5.74, 6) is -2.07. The van der Waals surface area contributed by atoms with Crippen molar-refractivity contribution in [2.45, 2.75) is 85.3 Å². The Labute approximate surface area is 333 Å². The predicted molar refractivity (Wildman–Crippen MR) is 209 cm³/mol. The van der Waals surface area contributed by atoms with Crippen LogP contribution >= 0.6 is 23.2 Å². The fraction of sp³-hybridized carbons (Fsp3) is 0.459. The topological polar surface area (TPSA) is 168 Å². The molecule has 3 aliphatic heterocycles. The van der Waals surface area contributed by atoms with Gasteiger partial charge >= 0.3 is 5.97 Å². The van der Waals surface area contributed by atoms with Gasteiger partial charge in [0.2, 0.25) is 30.1 Å². The number of rotatable bonds is 10. The second-order valence-electron chi connectivity index (χ2n) is 13.9. The van der Waals surface area contributed by atoms with E-state index >= 15 is 0 Å². The molecule has 3 aromatic carbocycles. The van der Waals surface area contributed by atoms with E-state index < -0.39 is 41.9 Å². The van der Waals surface area contributed by atoms with E-state index in [0.717, 1.165) is 44.2 Å². The van der Waals surface area contributed by atoms with E-state index in [1.54, 1.807) is 0 Å². The monoisotopic (exact) mass is 854 g/mol. The van der Waals surface area contributed by atoms with E-state index in [4.69, 9.17) is 27.9 Å². The number of esters is 1. The smallest absolute Gasteiger partial charge is 0.343 e. The molecule has 3 aromatic rings. The van der Waals surface area contributed by atoms with Crippen molar-refractivity contribution in [3.63, 3.8) is 0 Å². The molecule has 0 bridgehead atoms. The Kier molecular flexibility index (Phi) is 13.3. The summed E-state index contributed by atoms with van der Waals surface area (Å²) in [5, 5.41) is 2.47. The minimum atomic E-state index is -4.05. The highest BCUT2D eigenvalue weighted by Crippen LogP contribution is 2.34. The normalized spacial score (nSPS) is 18.6. The minimum Gasteiger partial charge on any atom is -0.421 e. The standard InChI is InChI=1S/C37H44Cl2N4O9S3/c38-30-15-12-27(24-34(30)54(48,49)42-20-6-1-2-7-21-42)36(44)40-32-26-29(53(46,47)41-18-10-5-11-19-41)14-17-33(32)52-37(45)28-13-16-31(39)35(25-28)55(50,51)43-22-8-3-4-9-23-43/h12-17,24-26H,1-11,18-23H2,(H,40,44). The molecule has 0 unspecified atom stereocenters. The quantitative estimate of drug-likeness (QED) is 0.171. The summed E-state index contributed by atoms with van der Waals surface area (Å²) in [6.07, 6.45) is 8.66. The lowest BCUT2D eigenvalue weighted by Crippen LogP contribution is -2.35. The Morgan fingerprint density at radius 3 is 1.44 bits per heavy atom. The second kappa shape index (κ2) is 17.6. The van der Waals surface area contributed by atoms with Crippen LogP contribution in [0.3, 0.4) is 0 Å². The summed E-state index contributed by atoms with van der Waals surface area (Å²) >= 11 is 12.7. The van der Waals surface area contributed by atoms with Crippen LogP contribution in [0.2, 0.25) is 10.0 Å². The van der Waals surface area contributed by atoms with Crippen molar-refractivity contribution in [2.24, 2.45) is 0 Å². The van der Waals surface area contributed by atoms with Gasteiger partial charge in [0, 0.05) is 44.8 Å². The summed E-state index contributed by atoms with van der Waals surface area (Å²) in [4.78, 5) is 26.8. The van der Waals surface area contributed by atoms with Gasteiger partial charge in [0.1, 0.15) is 9.79 Å². The number of benzene rings is 3. The van der Waals surface area contributed by atoms with Crippen LogP contribution in [0.4, 0.5) is 5.69 Å². The van der Waals surface area contributed by atoms with E-state index in [0.29, 0.717) is 77.8 Å². The SMILES string of the molecule is O=C(Nc1cc(S(=O)(=O)N2CCCCC2)ccc1OC(=O)c1ccc(Cl)c(S(=O)(=O)N2CCCCCC2)c1)c1ccc(Cl)c(S(=O)(=O)N2CCCCCC2)c1. The molecule has 0 spiro atoms. The van der Waals surface area contributed by atoms with Gasteiger partial charge in [0.25, 0.3) is 5.91 Å². The molecule has 3 fully saturated rings. The first-order chi connectivity index (χ1) is 26.2. The molecular formula is C37H44Cl2N4O9S3. The second-order valence-corrected chi connectivity index (χ2v) is 20.5. The lowest BCUT2D eigenvalue weighted by atomic mass is 10.2. The number of anilines is 1. The molecule has 18 heteroatoms. The fourth-order valence-electron chi connectivity index (χ4n) is 6.98. The maximum absolute atomic E-state index is 13.8. The number of carbonyl (C=O) groups excluding carboxylic acids is 2. The van der Waals surface area contributed by atoms with Crippen LogP contribution < -0.4 is 10.1 Å². The molecule has 1 amide bonds. The van der Waals surface area contributed by atoms with Crippen molar-refractivity contribution in [1.29, 1.82) is 0 Å². The highest BCUT2D eigenvalue weighted by Gasteiger charge is 2.32. The van der Waals surface area contributed by atoms with Gasteiger partial charge in [-0.05, 0) is 93.1 Å². The van der Waals surface area contributed by atoms with Gasteiger partial charge in [-0.1, -0.05) is 55.3 Å². The number of nitrogens with zero attached hydrogens (tertiary/aromatic N) is 3. The summed E-state index contributed by atoms with van der Waals surface area (Å²) in [7, 11) is -12.1. The number of nitrogens with one attached hydrogen (secondary N) is 1. The number of hydrogen-bond acceptors (Lipinski definition) is 9. The van der Waals surface area contributed by atoms with Crippen LogP contribution in [0.5, 0.6) is 5.75 Å². The van der Waals surface area contributed by atoms with Crippen LogP contribution in [0, 0.1) is 0 Å². The van der Waals surface area contributed by atoms with Crippen LogP contribution in [0.25, 0.3) is 0 Å². The van der Waals surface area contributed by atoms with E-state index in [1.165, 1.54) is 55.4 Å². The molecule has 0 atom stereocenters. The third kappa shape index (κ3) is 9.39. The molecule has 13 nitrogen and oxygen atoms in total. The largest absolute Gasteiger partial charge is 0.421 e. The zero-order valence-corrected chi connectivity index (χ0v) is 34.2. The summed E-state index contributed by atoms with van der Waals surface area (Å²) in [6, 6.07) is 11.2. The lowest BCUT2D eigenvalue weighted by molar-refractivity contribution is 0.0734. The molecule has 3 aliphatic rings. The van der Waals surface area contributed by atoms with Crippen molar-refractivity contribution in [2.75, 3.05) is 44.6 Å². The van der Waals surface area contributed by atoms with Crippen LogP contribution in [0.15, 0.2) is 69.3 Å². The lowest BCUT2D eigenvalue weighted by Gasteiger charge is -2.26. The van der Waals surface area contributed by atoms with Crippen LogP contribution in [-0.4, -0.2) is 89.3 Å². The molecule has 298 valence electrons. The Morgan fingerprint density at radius 1 is 0.527 bits per heavy atom. The van der Waals surface area contributed by atoms with Gasteiger partial charge in [0.15, 0.2) is 5.75 Å². The van der Waals surface area contributed by atoms with Gasteiger partial charge in [-0.3, -0.25) is 4.79 Å². The zero-order chi connectivity index (χ0) is 39.4. The van der Waals surface area contributed by atoms with Gasteiger partial charge in [-0.25, -0.2) is 30.0 Å². The Morgan fingerprint density at radius 2 is 0.945 bits per heavy atom. The van der Waals surface area contributed by atoms with Crippen molar-refractivity contribution >= 4 is 70.8 Å². The Hall–Kier alpha value is -3.09. The molecule has 0 radical (unpaired) electrons. The van der Waals surface area contributed by atoms with Gasteiger partial charge in [-0.15, -0.1) is 0 Å². The predicted octanol–water partition coefficient (Wildman–Crippen LogP) is 6.77. The molecule has 3 saturated heterocycles. The number of ether oxygens (including phenoxy) is 1. The van der Waals surface area contributed by atoms with Gasteiger partial charge in [0.05, 0.1) is 26.2 Å². The van der Waals surface area contributed by atoms with E-state index in [1.807, 2.05) is 0 Å². The third-order valence-corrected chi connectivity index (χ3v) is 16.7. The first-order valence-electron chi connectivity index (χ1n) is 18.5. The number of sulfonamides is 3. The zero-order valence-electron chi connectivity index (χ0n) is 30.2. The fourth-order valence-corrected chi connectivity index (χ4v) is 12.6. The van der Waals surface area contributed by atoms with Crippen LogP contribution in [-0.2, 0) is 30.1 Å². The maximum Gasteiger partial charge on any atom is 0.343 e. The number of amides is 1. The number of carbonyl (C=O) groups is 2. The van der Waals surface area contributed by atoms with Gasteiger partial charge in [-0.2, -0.15) is 12.9 Å². The molecular weight excluding hydrogens is 812 g/mol. The highest BCUT2D eigenvalue weighted by molar-refractivity contribution is 7.89. The molecule has 0 saturated carbocycles. The Bertz CT molecular complexity index is 2250. The van der Waals surface area contributed by atoms with E-state index in [9.17, 15) is 34.8 Å². The molecule has 3 heterocycles. The first kappa shape index (κ1) is 41.5. The third-order valence-electron chi connectivity index (χ3n) is 10.1. The summed E-state index contributed by atoms with van der Waals surface area (Å²) < 4.78 is 91.7. The molecule has 0 aromatic heterocycles. The summed E-state index contributed by atoms with van der Waals surface area (Å²) in [6.45, 7) is 1.92. The molecule has 1 N–H and O–H groups in total. The molecule has 6 rings (SSSR count). The van der Waals surface area contributed by atoms with Crippen molar-refractivity contribution in [1.82, 2.24) is 12.9 Å². The van der Waals surface area contributed by atoms with E-state index in [-0.39, 0.29) is 47.3 Å². The average Bonchev–Trinajstić information content (AvgIpc) is 3.63. The Balaban J connectivity index is 1.33. The highest BCUT2D eigenvalue weighted by atomic mass is 35.5. The first-order valence-corrected chi connectivity index (χ1v) is 23.5. The van der Waals surface area contributed by atoms with E-state index in [2.05, 4.69) is 5.32 Å². The summed E-state index contributed by atoms with van der Waals surface area (Å²) in [5.41, 5.74) is -0.448. The molecule has 55 heavy (non-hydrogen) atoms. The van der Waals surface area contributed by atoms with Crippen molar-refractivity contribution < 1.29 is 39.6 Å².